The molecule has 1 aromatic rings. The molecule has 0 saturated heterocycles. The van der Waals surface area contributed by atoms with E-state index in [-0.39, 0.29) is 11.9 Å². The highest BCUT2D eigenvalue weighted by molar-refractivity contribution is 6.31. The normalized spacial score (nSPS) is 12.9. The first-order chi connectivity index (χ1) is 9.63. The van der Waals surface area contributed by atoms with Gasteiger partial charge in [-0.25, -0.2) is 4.39 Å². The molecule has 20 heavy (non-hydrogen) atoms. The molecule has 0 bridgehead atoms. The zero-order valence-corrected chi connectivity index (χ0v) is 12.7. The van der Waals surface area contributed by atoms with Crippen LogP contribution >= 0.6 is 11.6 Å². The van der Waals surface area contributed by atoms with Crippen LogP contribution in [0.4, 0.5) is 4.39 Å². The van der Waals surface area contributed by atoms with Crippen molar-refractivity contribution in [2.45, 2.75) is 6.04 Å². The van der Waals surface area contributed by atoms with Crippen molar-refractivity contribution in [1.82, 2.24) is 4.90 Å². The quantitative estimate of drug-likeness (QED) is 0.759. The second-order valence-corrected chi connectivity index (χ2v) is 4.85. The summed E-state index contributed by atoms with van der Waals surface area (Å²) in [6.07, 6.45) is 0. The molecule has 1 unspecified atom stereocenters. The number of nitrogens with zero attached hydrogens (tertiary/aromatic N) is 1. The minimum Gasteiger partial charge on any atom is -0.383 e. The van der Waals surface area contributed by atoms with Crippen molar-refractivity contribution in [2.75, 3.05) is 47.1 Å². The Morgan fingerprint density at radius 3 is 2.30 bits per heavy atom. The van der Waals surface area contributed by atoms with Crippen molar-refractivity contribution in [3.63, 3.8) is 0 Å². The van der Waals surface area contributed by atoms with Gasteiger partial charge in [0, 0.05) is 44.9 Å². The predicted molar refractivity (Wildman–Crippen MR) is 78.5 cm³/mol. The van der Waals surface area contributed by atoms with Gasteiger partial charge >= 0.3 is 0 Å². The molecule has 0 aliphatic heterocycles. The number of rotatable bonds is 9. The molecule has 0 heterocycles. The highest BCUT2D eigenvalue weighted by Gasteiger charge is 2.21. The summed E-state index contributed by atoms with van der Waals surface area (Å²) in [6, 6.07) is 4.30. The molecule has 114 valence electrons. The van der Waals surface area contributed by atoms with Gasteiger partial charge in [-0.05, 0) is 17.7 Å². The van der Waals surface area contributed by atoms with Crippen molar-refractivity contribution in [1.29, 1.82) is 0 Å². The lowest BCUT2D eigenvalue weighted by Crippen LogP contribution is -2.38. The van der Waals surface area contributed by atoms with Crippen molar-refractivity contribution in [3.8, 4) is 0 Å². The molecular weight excluding hydrogens is 283 g/mol. The topological polar surface area (TPSA) is 47.7 Å². The van der Waals surface area contributed by atoms with Crippen molar-refractivity contribution >= 4 is 11.6 Å². The average Bonchev–Trinajstić information content (AvgIpc) is 2.43. The maximum Gasteiger partial charge on any atom is 0.124 e. The van der Waals surface area contributed by atoms with Gasteiger partial charge in [0.05, 0.1) is 13.2 Å². The largest absolute Gasteiger partial charge is 0.383 e. The van der Waals surface area contributed by atoms with Crippen LogP contribution in [-0.4, -0.2) is 52.0 Å². The van der Waals surface area contributed by atoms with Gasteiger partial charge in [-0.3, -0.25) is 4.90 Å². The minimum atomic E-state index is -0.352. The third kappa shape index (κ3) is 5.00. The van der Waals surface area contributed by atoms with Crippen LogP contribution in [0.3, 0.4) is 0 Å². The lowest BCUT2D eigenvalue weighted by molar-refractivity contribution is 0.0891. The molecule has 0 aliphatic carbocycles. The number of methoxy groups -OCH3 is 2. The van der Waals surface area contributed by atoms with E-state index in [1.807, 2.05) is 0 Å². The summed E-state index contributed by atoms with van der Waals surface area (Å²) < 4.78 is 23.4. The van der Waals surface area contributed by atoms with E-state index >= 15 is 0 Å². The van der Waals surface area contributed by atoms with E-state index in [1.54, 1.807) is 20.3 Å². The molecule has 0 amide bonds. The fourth-order valence-corrected chi connectivity index (χ4v) is 2.38. The Kier molecular flexibility index (Phi) is 8.02. The smallest absolute Gasteiger partial charge is 0.124 e. The molecule has 1 atom stereocenters. The fraction of sp³-hybridized carbons (Fsp3) is 0.571. The molecule has 4 nitrogen and oxygen atoms in total. The molecule has 0 saturated carbocycles. The third-order valence-electron chi connectivity index (χ3n) is 3.15. The Morgan fingerprint density at radius 2 is 1.85 bits per heavy atom. The summed E-state index contributed by atoms with van der Waals surface area (Å²) >= 11 is 6.13. The average molecular weight is 305 g/mol. The van der Waals surface area contributed by atoms with Gasteiger partial charge in [-0.1, -0.05) is 17.7 Å². The summed E-state index contributed by atoms with van der Waals surface area (Å²) in [5.41, 5.74) is 6.70. The summed E-state index contributed by atoms with van der Waals surface area (Å²) in [7, 11) is 3.30. The molecule has 0 spiro atoms. The van der Waals surface area contributed by atoms with Crippen LogP contribution < -0.4 is 5.73 Å². The summed E-state index contributed by atoms with van der Waals surface area (Å²) in [5.74, 6) is -0.352. The van der Waals surface area contributed by atoms with Gasteiger partial charge in [-0.2, -0.15) is 0 Å². The number of hydrogen-bond acceptors (Lipinski definition) is 4. The predicted octanol–water partition coefficient (Wildman–Crippen LogP) is 2.07. The third-order valence-corrected chi connectivity index (χ3v) is 3.48. The zero-order chi connectivity index (χ0) is 15.0. The van der Waals surface area contributed by atoms with Gasteiger partial charge in [0.15, 0.2) is 0 Å². The van der Waals surface area contributed by atoms with Crippen LogP contribution in [0.1, 0.15) is 11.6 Å². The van der Waals surface area contributed by atoms with E-state index < -0.39 is 0 Å². The lowest BCUT2D eigenvalue weighted by atomic mass is 10.0. The van der Waals surface area contributed by atoms with Gasteiger partial charge in [-0.15, -0.1) is 0 Å². The molecule has 0 aromatic heterocycles. The SMILES string of the molecule is COCCN(CCOC)C(CN)c1ccc(F)cc1Cl. The van der Waals surface area contributed by atoms with Gasteiger partial charge in [0.1, 0.15) is 5.82 Å². The number of ether oxygens (including phenoxy) is 2. The number of nitrogens with two attached hydrogens (primary N) is 1. The first-order valence-corrected chi connectivity index (χ1v) is 6.88. The standard InChI is InChI=1S/C14H22ClFN2O2/c1-19-7-5-18(6-8-20-2)14(10-17)12-4-3-11(16)9-13(12)15/h3-4,9,14H,5-8,10,17H2,1-2H3. The molecule has 1 rings (SSSR count). The molecule has 6 heteroatoms. The Hall–Kier alpha value is -0.720. The molecular formula is C14H22ClFN2O2. The Labute approximate surface area is 124 Å². The van der Waals surface area contributed by atoms with Crippen LogP contribution in [-0.2, 0) is 9.47 Å². The first-order valence-electron chi connectivity index (χ1n) is 6.51. The van der Waals surface area contributed by atoms with E-state index in [1.165, 1.54) is 12.1 Å². The molecule has 0 fully saturated rings. The molecule has 2 N–H and O–H groups in total. The Bertz CT molecular complexity index is 399. The monoisotopic (exact) mass is 304 g/mol. The maximum absolute atomic E-state index is 13.2. The zero-order valence-electron chi connectivity index (χ0n) is 11.9. The molecule has 0 radical (unpaired) electrons. The van der Waals surface area contributed by atoms with Crippen molar-refractivity contribution in [3.05, 3.63) is 34.6 Å². The van der Waals surface area contributed by atoms with E-state index in [0.29, 0.717) is 37.9 Å². The second kappa shape index (κ2) is 9.26. The Morgan fingerprint density at radius 1 is 1.25 bits per heavy atom. The highest BCUT2D eigenvalue weighted by Crippen LogP contribution is 2.27. The van der Waals surface area contributed by atoms with Crippen LogP contribution in [0.15, 0.2) is 18.2 Å². The molecule has 1 aromatic carbocycles. The van der Waals surface area contributed by atoms with Gasteiger partial charge in [0.2, 0.25) is 0 Å². The summed E-state index contributed by atoms with van der Waals surface area (Å²) in [6.45, 7) is 2.96. The second-order valence-electron chi connectivity index (χ2n) is 4.44. The van der Waals surface area contributed by atoms with Crippen molar-refractivity contribution < 1.29 is 13.9 Å². The maximum atomic E-state index is 13.2. The summed E-state index contributed by atoms with van der Waals surface area (Å²) in [5, 5.41) is 0.389. The van der Waals surface area contributed by atoms with Gasteiger partial charge in [0.25, 0.3) is 0 Å². The van der Waals surface area contributed by atoms with E-state index in [0.717, 1.165) is 5.56 Å². The molecule has 0 aliphatic rings. The number of hydrogen-bond donors (Lipinski definition) is 1. The lowest BCUT2D eigenvalue weighted by Gasteiger charge is -2.31. The number of halogens is 2. The van der Waals surface area contributed by atoms with E-state index in [2.05, 4.69) is 4.90 Å². The summed E-state index contributed by atoms with van der Waals surface area (Å²) in [4.78, 5) is 2.13. The van der Waals surface area contributed by atoms with Crippen LogP contribution in [0.25, 0.3) is 0 Å². The van der Waals surface area contributed by atoms with E-state index in [9.17, 15) is 4.39 Å². The van der Waals surface area contributed by atoms with Gasteiger partial charge < -0.3 is 15.2 Å². The Balaban J connectivity index is 2.92. The minimum absolute atomic E-state index is 0.0894. The fourth-order valence-electron chi connectivity index (χ4n) is 2.09. The number of benzene rings is 1. The van der Waals surface area contributed by atoms with Crippen molar-refractivity contribution in [2.24, 2.45) is 5.73 Å². The van der Waals surface area contributed by atoms with Crippen LogP contribution in [0, 0.1) is 5.82 Å². The van der Waals surface area contributed by atoms with Crippen LogP contribution in [0.2, 0.25) is 5.02 Å². The highest BCUT2D eigenvalue weighted by atomic mass is 35.5. The first kappa shape index (κ1) is 17.3. The van der Waals surface area contributed by atoms with E-state index in [4.69, 9.17) is 26.8 Å². The van der Waals surface area contributed by atoms with Crippen LogP contribution in [0.5, 0.6) is 0 Å².